The number of nitrogens with one attached hydrogen (secondary N) is 2. The highest BCUT2D eigenvalue weighted by Gasteiger charge is 1.96. The highest BCUT2D eigenvalue weighted by molar-refractivity contribution is 5.38. The molecule has 2 aromatic heterocycles. The normalized spacial score (nSPS) is 10.4. The van der Waals surface area contributed by atoms with Gasteiger partial charge in [0.25, 0.3) is 0 Å². The van der Waals surface area contributed by atoms with Crippen LogP contribution in [0.15, 0.2) is 30.7 Å². The van der Waals surface area contributed by atoms with Crippen molar-refractivity contribution in [2.75, 3.05) is 5.32 Å². The predicted molar refractivity (Wildman–Crippen MR) is 56.0 cm³/mol. The van der Waals surface area contributed by atoms with Gasteiger partial charge in [-0.15, -0.1) is 0 Å². The van der Waals surface area contributed by atoms with Gasteiger partial charge in [-0.05, 0) is 19.1 Å². The van der Waals surface area contributed by atoms with Crippen molar-refractivity contribution >= 4 is 5.69 Å². The summed E-state index contributed by atoms with van der Waals surface area (Å²) in [6.07, 6.45) is 5.77. The quantitative estimate of drug-likeness (QED) is 0.772. The summed E-state index contributed by atoms with van der Waals surface area (Å²) in [5.74, 6) is 0. The number of aromatic amines is 1. The lowest BCUT2D eigenvalue weighted by atomic mass is 10.4. The minimum Gasteiger partial charge on any atom is -0.377 e. The molecule has 0 aliphatic heterocycles. The van der Waals surface area contributed by atoms with Crippen LogP contribution < -0.4 is 5.32 Å². The fourth-order valence-corrected chi connectivity index (χ4v) is 1.30. The third kappa shape index (κ3) is 1.96. The average molecular weight is 190 g/mol. The number of anilines is 1. The van der Waals surface area contributed by atoms with Crippen LogP contribution in [0, 0.1) is 0 Å². The standard InChI is InChI=1S/C10H14N4/c1-2-14-8-10(7-13-14)12-6-9-4-3-5-11-9/h3-5,7-8,11-12H,2,6H2,1H3. The third-order valence-corrected chi connectivity index (χ3v) is 2.10. The summed E-state index contributed by atoms with van der Waals surface area (Å²) in [5, 5.41) is 7.47. The van der Waals surface area contributed by atoms with E-state index in [-0.39, 0.29) is 0 Å². The molecule has 4 nitrogen and oxygen atoms in total. The Kier molecular flexibility index (Phi) is 2.53. The van der Waals surface area contributed by atoms with Crippen molar-refractivity contribution < 1.29 is 0 Å². The predicted octanol–water partition coefficient (Wildman–Crippen LogP) is 1.84. The molecule has 74 valence electrons. The molecule has 0 aliphatic carbocycles. The molecule has 0 amide bonds. The molecule has 0 fully saturated rings. The molecular formula is C10H14N4. The Balaban J connectivity index is 1.92. The first-order valence-electron chi connectivity index (χ1n) is 4.77. The Morgan fingerprint density at radius 2 is 2.50 bits per heavy atom. The molecule has 2 heterocycles. The van der Waals surface area contributed by atoms with E-state index in [9.17, 15) is 0 Å². The van der Waals surface area contributed by atoms with Gasteiger partial charge in [-0.3, -0.25) is 4.68 Å². The van der Waals surface area contributed by atoms with Crippen LogP contribution in [0.1, 0.15) is 12.6 Å². The molecule has 0 saturated carbocycles. The van der Waals surface area contributed by atoms with E-state index < -0.39 is 0 Å². The maximum atomic E-state index is 4.18. The van der Waals surface area contributed by atoms with Crippen LogP contribution in [0.2, 0.25) is 0 Å². The smallest absolute Gasteiger partial charge is 0.0729 e. The molecular weight excluding hydrogens is 176 g/mol. The van der Waals surface area contributed by atoms with Gasteiger partial charge in [-0.25, -0.2) is 0 Å². The summed E-state index contributed by atoms with van der Waals surface area (Å²) >= 11 is 0. The molecule has 0 atom stereocenters. The van der Waals surface area contributed by atoms with E-state index in [1.54, 1.807) is 0 Å². The zero-order valence-corrected chi connectivity index (χ0v) is 8.20. The van der Waals surface area contributed by atoms with Crippen LogP contribution in [-0.4, -0.2) is 14.8 Å². The Hall–Kier alpha value is -1.71. The van der Waals surface area contributed by atoms with Gasteiger partial charge in [0.2, 0.25) is 0 Å². The van der Waals surface area contributed by atoms with Gasteiger partial charge in [0.05, 0.1) is 18.4 Å². The summed E-state index contributed by atoms with van der Waals surface area (Å²) in [6, 6.07) is 4.05. The van der Waals surface area contributed by atoms with Gasteiger partial charge in [0, 0.05) is 24.6 Å². The molecule has 0 spiro atoms. The minimum absolute atomic E-state index is 0.808. The van der Waals surface area contributed by atoms with E-state index >= 15 is 0 Å². The molecule has 0 aromatic carbocycles. The number of nitrogens with zero attached hydrogens (tertiary/aromatic N) is 2. The summed E-state index contributed by atoms with van der Waals surface area (Å²) < 4.78 is 1.90. The first kappa shape index (κ1) is 8.87. The minimum atomic E-state index is 0.808. The largest absolute Gasteiger partial charge is 0.377 e. The SMILES string of the molecule is CCn1cc(NCc2ccc[nH]2)cn1. The Bertz CT molecular complexity index is 374. The lowest BCUT2D eigenvalue weighted by Crippen LogP contribution is -1.98. The molecule has 0 saturated heterocycles. The molecule has 14 heavy (non-hydrogen) atoms. The second kappa shape index (κ2) is 4.00. The van der Waals surface area contributed by atoms with Gasteiger partial charge in [0.15, 0.2) is 0 Å². The molecule has 0 bridgehead atoms. The van der Waals surface area contributed by atoms with Gasteiger partial charge in [-0.1, -0.05) is 0 Å². The van der Waals surface area contributed by atoms with Crippen LogP contribution >= 0.6 is 0 Å². The number of hydrogen-bond donors (Lipinski definition) is 2. The summed E-state index contributed by atoms with van der Waals surface area (Å²) in [7, 11) is 0. The van der Waals surface area contributed by atoms with Crippen molar-refractivity contribution in [2.45, 2.75) is 20.0 Å². The van der Waals surface area contributed by atoms with E-state index in [1.165, 1.54) is 5.69 Å². The van der Waals surface area contributed by atoms with Crippen LogP contribution in [0.25, 0.3) is 0 Å². The van der Waals surface area contributed by atoms with Crippen molar-refractivity contribution in [3.05, 3.63) is 36.4 Å². The molecule has 0 unspecified atom stereocenters. The highest BCUT2D eigenvalue weighted by atomic mass is 15.3. The summed E-state index contributed by atoms with van der Waals surface area (Å²) in [4.78, 5) is 3.14. The van der Waals surface area contributed by atoms with E-state index in [0.717, 1.165) is 18.8 Å². The van der Waals surface area contributed by atoms with Gasteiger partial charge in [0.1, 0.15) is 0 Å². The topological polar surface area (TPSA) is 45.6 Å². The number of aryl methyl sites for hydroxylation is 1. The average Bonchev–Trinajstić information content (AvgIpc) is 2.86. The van der Waals surface area contributed by atoms with Crippen LogP contribution in [0.4, 0.5) is 5.69 Å². The Labute approximate surface area is 82.9 Å². The van der Waals surface area contributed by atoms with E-state index in [2.05, 4.69) is 28.4 Å². The van der Waals surface area contributed by atoms with E-state index in [0.29, 0.717) is 0 Å². The molecule has 4 heteroatoms. The Morgan fingerprint density at radius 1 is 1.57 bits per heavy atom. The first-order valence-corrected chi connectivity index (χ1v) is 4.77. The number of rotatable bonds is 4. The zero-order chi connectivity index (χ0) is 9.80. The monoisotopic (exact) mass is 190 g/mol. The maximum Gasteiger partial charge on any atom is 0.0729 e. The maximum absolute atomic E-state index is 4.18. The van der Waals surface area contributed by atoms with Crippen LogP contribution in [0.5, 0.6) is 0 Å². The summed E-state index contributed by atoms with van der Waals surface area (Å²) in [5.41, 5.74) is 2.23. The van der Waals surface area contributed by atoms with Crippen molar-refractivity contribution in [3.63, 3.8) is 0 Å². The van der Waals surface area contributed by atoms with Gasteiger partial charge < -0.3 is 10.3 Å². The first-order chi connectivity index (χ1) is 6.88. The molecule has 0 radical (unpaired) electrons. The van der Waals surface area contributed by atoms with Gasteiger partial charge in [-0.2, -0.15) is 5.10 Å². The van der Waals surface area contributed by atoms with Crippen molar-refractivity contribution in [3.8, 4) is 0 Å². The van der Waals surface area contributed by atoms with Crippen LogP contribution in [0.3, 0.4) is 0 Å². The number of H-pyrrole nitrogens is 1. The lowest BCUT2D eigenvalue weighted by molar-refractivity contribution is 0.660. The highest BCUT2D eigenvalue weighted by Crippen LogP contribution is 2.06. The number of aromatic nitrogens is 3. The molecule has 0 aliphatic rings. The Morgan fingerprint density at radius 3 is 3.14 bits per heavy atom. The second-order valence-electron chi connectivity index (χ2n) is 3.13. The molecule has 2 N–H and O–H groups in total. The molecule has 2 rings (SSSR count). The summed E-state index contributed by atoms with van der Waals surface area (Å²) in [6.45, 7) is 3.79. The van der Waals surface area contributed by atoms with Crippen molar-refractivity contribution in [2.24, 2.45) is 0 Å². The van der Waals surface area contributed by atoms with E-state index in [1.807, 2.05) is 29.3 Å². The third-order valence-electron chi connectivity index (χ3n) is 2.10. The zero-order valence-electron chi connectivity index (χ0n) is 8.20. The second-order valence-corrected chi connectivity index (χ2v) is 3.13. The van der Waals surface area contributed by atoms with Crippen molar-refractivity contribution in [1.29, 1.82) is 0 Å². The lowest BCUT2D eigenvalue weighted by Gasteiger charge is -2.00. The van der Waals surface area contributed by atoms with Crippen LogP contribution in [-0.2, 0) is 13.1 Å². The fraction of sp³-hybridized carbons (Fsp3) is 0.300. The fourth-order valence-electron chi connectivity index (χ4n) is 1.30. The molecule has 2 aromatic rings. The van der Waals surface area contributed by atoms with E-state index in [4.69, 9.17) is 0 Å². The number of hydrogen-bond acceptors (Lipinski definition) is 2. The van der Waals surface area contributed by atoms with Gasteiger partial charge >= 0.3 is 0 Å². The van der Waals surface area contributed by atoms with Crippen molar-refractivity contribution in [1.82, 2.24) is 14.8 Å².